The van der Waals surface area contributed by atoms with Gasteiger partial charge in [-0.2, -0.15) is 0 Å². The molecule has 1 amide bonds. The second-order valence-corrected chi connectivity index (χ2v) is 5.93. The number of thiocarbonyl (C=S) groups is 1. The highest BCUT2D eigenvalue weighted by Crippen LogP contribution is 2.20. The Morgan fingerprint density at radius 2 is 2.19 bits per heavy atom. The molecule has 21 heavy (non-hydrogen) atoms. The summed E-state index contributed by atoms with van der Waals surface area (Å²) in [7, 11) is 0. The van der Waals surface area contributed by atoms with Crippen LogP contribution < -0.4 is 11.1 Å². The van der Waals surface area contributed by atoms with E-state index >= 15 is 0 Å². The highest BCUT2D eigenvalue weighted by molar-refractivity contribution is 7.80. The molecular formula is C16H23N3OS. The van der Waals surface area contributed by atoms with Crippen LogP contribution in [0.25, 0.3) is 0 Å². The van der Waals surface area contributed by atoms with Crippen molar-refractivity contribution >= 4 is 28.8 Å². The van der Waals surface area contributed by atoms with Gasteiger partial charge in [-0.1, -0.05) is 37.7 Å². The van der Waals surface area contributed by atoms with Gasteiger partial charge in [0, 0.05) is 11.6 Å². The Hall–Kier alpha value is -1.46. The van der Waals surface area contributed by atoms with Crippen molar-refractivity contribution in [2.75, 3.05) is 18.4 Å². The van der Waals surface area contributed by atoms with E-state index in [-0.39, 0.29) is 5.91 Å². The molecule has 4 nitrogen and oxygen atoms in total. The van der Waals surface area contributed by atoms with Gasteiger partial charge in [0.1, 0.15) is 4.99 Å². The summed E-state index contributed by atoms with van der Waals surface area (Å²) >= 11 is 5.02. The molecule has 0 spiro atoms. The molecule has 2 rings (SSSR count). The van der Waals surface area contributed by atoms with Gasteiger partial charge in [0.05, 0.1) is 12.2 Å². The summed E-state index contributed by atoms with van der Waals surface area (Å²) < 4.78 is 0. The van der Waals surface area contributed by atoms with E-state index in [9.17, 15) is 4.79 Å². The van der Waals surface area contributed by atoms with Crippen LogP contribution in [0, 0.1) is 0 Å². The molecule has 1 aromatic rings. The zero-order valence-electron chi connectivity index (χ0n) is 12.5. The lowest BCUT2D eigenvalue weighted by molar-refractivity contribution is -0.118. The van der Waals surface area contributed by atoms with Crippen LogP contribution >= 0.6 is 12.2 Å². The highest BCUT2D eigenvalue weighted by Gasteiger charge is 2.22. The molecule has 0 radical (unpaired) electrons. The Labute approximate surface area is 131 Å². The standard InChI is InChI=1S/C16H23N3OS/c1-2-12-7-5-6-10-19(12)11-15(20)18-14-9-4-3-8-13(14)16(17)21/h3-4,8-9,12H,2,5-7,10-11H2,1H3,(H2,17,21)(H,18,20). The molecule has 5 heteroatoms. The van der Waals surface area contributed by atoms with Crippen molar-refractivity contribution in [2.45, 2.75) is 38.6 Å². The molecule has 1 heterocycles. The van der Waals surface area contributed by atoms with Gasteiger partial charge >= 0.3 is 0 Å². The van der Waals surface area contributed by atoms with Crippen molar-refractivity contribution in [1.82, 2.24) is 4.90 Å². The Kier molecular flexibility index (Phi) is 5.70. The molecule has 0 bridgehead atoms. The van der Waals surface area contributed by atoms with Crippen LogP contribution in [0.1, 0.15) is 38.2 Å². The summed E-state index contributed by atoms with van der Waals surface area (Å²) in [5.41, 5.74) is 7.10. The molecule has 114 valence electrons. The van der Waals surface area contributed by atoms with E-state index in [4.69, 9.17) is 18.0 Å². The number of rotatable bonds is 5. The zero-order valence-corrected chi connectivity index (χ0v) is 13.3. The number of anilines is 1. The van der Waals surface area contributed by atoms with Gasteiger partial charge in [-0.05, 0) is 37.9 Å². The second-order valence-electron chi connectivity index (χ2n) is 5.49. The summed E-state index contributed by atoms with van der Waals surface area (Å²) in [6.07, 6.45) is 4.72. The van der Waals surface area contributed by atoms with E-state index in [1.165, 1.54) is 19.3 Å². The number of hydrogen-bond acceptors (Lipinski definition) is 3. The van der Waals surface area contributed by atoms with E-state index in [1.807, 2.05) is 24.3 Å². The quantitative estimate of drug-likeness (QED) is 0.821. The predicted molar refractivity (Wildman–Crippen MR) is 90.5 cm³/mol. The smallest absolute Gasteiger partial charge is 0.238 e. The maximum absolute atomic E-state index is 12.3. The molecule has 0 aliphatic carbocycles. The van der Waals surface area contributed by atoms with Gasteiger partial charge in [-0.3, -0.25) is 9.69 Å². The summed E-state index contributed by atoms with van der Waals surface area (Å²) in [5, 5.41) is 2.94. The third kappa shape index (κ3) is 4.25. The molecule has 1 saturated heterocycles. The lowest BCUT2D eigenvalue weighted by Gasteiger charge is -2.34. The van der Waals surface area contributed by atoms with Crippen LogP contribution in [-0.4, -0.2) is 34.9 Å². The SMILES string of the molecule is CCC1CCCCN1CC(=O)Nc1ccccc1C(N)=S. The number of amides is 1. The van der Waals surface area contributed by atoms with E-state index in [1.54, 1.807) is 0 Å². The van der Waals surface area contributed by atoms with E-state index in [2.05, 4.69) is 17.1 Å². The van der Waals surface area contributed by atoms with Crippen molar-refractivity contribution in [3.05, 3.63) is 29.8 Å². The fourth-order valence-electron chi connectivity index (χ4n) is 2.91. The van der Waals surface area contributed by atoms with Crippen molar-refractivity contribution < 1.29 is 4.79 Å². The topological polar surface area (TPSA) is 58.4 Å². The fraction of sp³-hybridized carbons (Fsp3) is 0.500. The average Bonchev–Trinajstić information content (AvgIpc) is 2.48. The first-order chi connectivity index (χ1) is 10.1. The first-order valence-electron chi connectivity index (χ1n) is 7.54. The molecule has 1 atom stereocenters. The number of carbonyl (C=O) groups is 1. The minimum Gasteiger partial charge on any atom is -0.389 e. The lowest BCUT2D eigenvalue weighted by Crippen LogP contribution is -2.43. The van der Waals surface area contributed by atoms with Crippen LogP contribution in [0.5, 0.6) is 0 Å². The van der Waals surface area contributed by atoms with Crippen LogP contribution in [0.2, 0.25) is 0 Å². The van der Waals surface area contributed by atoms with Gasteiger partial charge in [-0.25, -0.2) is 0 Å². The van der Waals surface area contributed by atoms with Crippen LogP contribution in [0.3, 0.4) is 0 Å². The summed E-state index contributed by atoms with van der Waals surface area (Å²) in [5.74, 6) is -0.000880. The highest BCUT2D eigenvalue weighted by atomic mass is 32.1. The first kappa shape index (κ1) is 15.9. The minimum absolute atomic E-state index is 0.000880. The number of hydrogen-bond donors (Lipinski definition) is 2. The molecule has 1 aliphatic rings. The van der Waals surface area contributed by atoms with Gasteiger partial charge in [0.15, 0.2) is 0 Å². The van der Waals surface area contributed by atoms with Crippen molar-refractivity contribution in [1.29, 1.82) is 0 Å². The third-order valence-electron chi connectivity index (χ3n) is 4.03. The largest absolute Gasteiger partial charge is 0.389 e. The van der Waals surface area contributed by atoms with E-state index < -0.39 is 0 Å². The first-order valence-corrected chi connectivity index (χ1v) is 7.95. The number of likely N-dealkylation sites (tertiary alicyclic amines) is 1. The molecule has 0 aromatic heterocycles. The van der Waals surface area contributed by atoms with Crippen molar-refractivity contribution in [2.24, 2.45) is 5.73 Å². The number of nitrogens with one attached hydrogen (secondary N) is 1. The Morgan fingerprint density at radius 3 is 2.90 bits per heavy atom. The monoisotopic (exact) mass is 305 g/mol. The summed E-state index contributed by atoms with van der Waals surface area (Å²) in [4.78, 5) is 14.9. The number of nitrogens with two attached hydrogens (primary N) is 1. The summed E-state index contributed by atoms with van der Waals surface area (Å²) in [6.45, 7) is 3.62. The molecule has 1 aromatic carbocycles. The molecule has 1 aliphatic heterocycles. The Balaban J connectivity index is 2.00. The average molecular weight is 305 g/mol. The zero-order chi connectivity index (χ0) is 15.2. The maximum atomic E-state index is 12.3. The number of carbonyl (C=O) groups excluding carboxylic acids is 1. The Bertz CT molecular complexity index is 518. The van der Waals surface area contributed by atoms with Gasteiger partial charge in [0.25, 0.3) is 0 Å². The molecular weight excluding hydrogens is 282 g/mol. The number of nitrogens with zero attached hydrogens (tertiary/aromatic N) is 1. The fourth-order valence-corrected chi connectivity index (χ4v) is 3.09. The lowest BCUT2D eigenvalue weighted by atomic mass is 10.00. The van der Waals surface area contributed by atoms with Crippen LogP contribution in [0.15, 0.2) is 24.3 Å². The third-order valence-corrected chi connectivity index (χ3v) is 4.25. The second kappa shape index (κ2) is 7.52. The number of piperidine rings is 1. The van der Waals surface area contributed by atoms with Crippen molar-refractivity contribution in [3.63, 3.8) is 0 Å². The molecule has 1 unspecified atom stereocenters. The van der Waals surface area contributed by atoms with Gasteiger partial charge in [-0.15, -0.1) is 0 Å². The van der Waals surface area contributed by atoms with Gasteiger partial charge < -0.3 is 11.1 Å². The van der Waals surface area contributed by atoms with Gasteiger partial charge in [0.2, 0.25) is 5.91 Å². The van der Waals surface area contributed by atoms with Crippen LogP contribution in [-0.2, 0) is 4.79 Å². The van der Waals surface area contributed by atoms with E-state index in [0.29, 0.717) is 28.8 Å². The normalized spacial score (nSPS) is 19.2. The molecule has 0 saturated carbocycles. The summed E-state index contributed by atoms with van der Waals surface area (Å²) in [6, 6.07) is 7.91. The predicted octanol–water partition coefficient (Wildman–Crippen LogP) is 2.52. The number of para-hydroxylation sites is 1. The number of benzene rings is 1. The minimum atomic E-state index is -0.000880. The molecule has 1 fully saturated rings. The Morgan fingerprint density at radius 1 is 1.43 bits per heavy atom. The van der Waals surface area contributed by atoms with Crippen molar-refractivity contribution in [3.8, 4) is 0 Å². The van der Waals surface area contributed by atoms with Crippen LogP contribution in [0.4, 0.5) is 5.69 Å². The van der Waals surface area contributed by atoms with E-state index in [0.717, 1.165) is 13.0 Å². The molecule has 3 N–H and O–H groups in total. The maximum Gasteiger partial charge on any atom is 0.238 e.